The Hall–Kier alpha value is -2.80. The Morgan fingerprint density at radius 1 is 1.18 bits per heavy atom. The minimum absolute atomic E-state index is 0.273. The lowest BCUT2D eigenvalue weighted by Crippen LogP contribution is -2.15. The molecule has 7 heteroatoms. The first-order chi connectivity index (χ1) is 10.7. The molecule has 5 nitrogen and oxygen atoms in total. The Bertz CT molecular complexity index is 917. The fourth-order valence-electron chi connectivity index (χ4n) is 2.31. The molecule has 3 aromatic rings. The number of nitrogens with one attached hydrogen (secondary N) is 2. The van der Waals surface area contributed by atoms with Gasteiger partial charge < -0.3 is 5.32 Å². The SMILES string of the molecule is O=C1Nc2ccc3ncsc3c2C1=NNc1ccc(F)cc1. The van der Waals surface area contributed by atoms with Gasteiger partial charge in [-0.15, -0.1) is 11.3 Å². The number of fused-ring (bicyclic) bond motifs is 3. The van der Waals surface area contributed by atoms with E-state index >= 15 is 0 Å². The van der Waals surface area contributed by atoms with E-state index in [1.807, 2.05) is 12.1 Å². The van der Waals surface area contributed by atoms with E-state index in [2.05, 4.69) is 20.8 Å². The molecule has 0 saturated heterocycles. The summed E-state index contributed by atoms with van der Waals surface area (Å²) in [5.74, 6) is -0.598. The number of hydrazone groups is 1. The molecule has 22 heavy (non-hydrogen) atoms. The number of nitrogens with zero attached hydrogens (tertiary/aromatic N) is 2. The second kappa shape index (κ2) is 4.88. The van der Waals surface area contributed by atoms with Crippen molar-refractivity contribution in [3.05, 3.63) is 53.3 Å². The molecule has 1 aliphatic rings. The highest BCUT2D eigenvalue weighted by Crippen LogP contribution is 2.33. The second-order valence-corrected chi connectivity index (χ2v) is 5.58. The molecule has 0 aliphatic carbocycles. The summed E-state index contributed by atoms with van der Waals surface area (Å²) in [6.07, 6.45) is 0. The van der Waals surface area contributed by atoms with E-state index in [-0.39, 0.29) is 11.7 Å². The van der Waals surface area contributed by atoms with Crippen molar-refractivity contribution in [1.82, 2.24) is 4.98 Å². The van der Waals surface area contributed by atoms with E-state index in [1.165, 1.54) is 23.5 Å². The van der Waals surface area contributed by atoms with Crippen LogP contribution in [0.15, 0.2) is 47.0 Å². The fraction of sp³-hybridized carbons (Fsp3) is 0. The van der Waals surface area contributed by atoms with Gasteiger partial charge in [-0.05, 0) is 36.4 Å². The van der Waals surface area contributed by atoms with Gasteiger partial charge in [0.05, 0.1) is 32.7 Å². The maximum absolute atomic E-state index is 12.9. The maximum atomic E-state index is 12.9. The lowest BCUT2D eigenvalue weighted by Gasteiger charge is -2.02. The maximum Gasteiger partial charge on any atom is 0.276 e. The van der Waals surface area contributed by atoms with Crippen molar-refractivity contribution in [3.8, 4) is 0 Å². The summed E-state index contributed by atoms with van der Waals surface area (Å²) in [5, 5.41) is 6.97. The van der Waals surface area contributed by atoms with Crippen molar-refractivity contribution >= 4 is 44.5 Å². The standard InChI is InChI=1S/C15H9FN4OS/c16-8-1-3-9(4-2-8)19-20-13-12-10(18-15(13)21)5-6-11-14(12)22-7-17-11/h1-7,19H,(H,18,20,21). The predicted molar refractivity (Wildman–Crippen MR) is 84.8 cm³/mol. The van der Waals surface area contributed by atoms with Crippen molar-refractivity contribution in [2.45, 2.75) is 0 Å². The third-order valence-corrected chi connectivity index (χ3v) is 4.20. The van der Waals surface area contributed by atoms with Crippen LogP contribution in [0.1, 0.15) is 5.56 Å². The minimum atomic E-state index is -0.325. The van der Waals surface area contributed by atoms with Crippen LogP contribution in [-0.4, -0.2) is 16.6 Å². The average Bonchev–Trinajstić information content (AvgIpc) is 3.10. The Morgan fingerprint density at radius 3 is 2.82 bits per heavy atom. The van der Waals surface area contributed by atoms with Crippen molar-refractivity contribution in [1.29, 1.82) is 0 Å². The van der Waals surface area contributed by atoms with Crippen LogP contribution in [0.2, 0.25) is 0 Å². The van der Waals surface area contributed by atoms with Gasteiger partial charge in [0.2, 0.25) is 0 Å². The van der Waals surface area contributed by atoms with E-state index in [0.717, 1.165) is 21.5 Å². The lowest BCUT2D eigenvalue weighted by molar-refractivity contribution is -0.110. The van der Waals surface area contributed by atoms with Crippen LogP contribution in [0.3, 0.4) is 0 Å². The van der Waals surface area contributed by atoms with Gasteiger partial charge in [-0.2, -0.15) is 5.10 Å². The number of benzene rings is 2. The van der Waals surface area contributed by atoms with Crippen molar-refractivity contribution in [2.75, 3.05) is 10.7 Å². The molecule has 0 spiro atoms. The first-order valence-electron chi connectivity index (χ1n) is 6.49. The number of thiazole rings is 1. The highest BCUT2D eigenvalue weighted by molar-refractivity contribution is 7.17. The molecule has 2 aromatic carbocycles. The van der Waals surface area contributed by atoms with E-state index in [9.17, 15) is 9.18 Å². The molecule has 0 fully saturated rings. The highest BCUT2D eigenvalue weighted by Gasteiger charge is 2.29. The monoisotopic (exact) mass is 312 g/mol. The second-order valence-electron chi connectivity index (χ2n) is 4.72. The van der Waals surface area contributed by atoms with Gasteiger partial charge in [-0.25, -0.2) is 9.37 Å². The summed E-state index contributed by atoms with van der Waals surface area (Å²) >= 11 is 1.46. The number of hydrogen-bond donors (Lipinski definition) is 2. The Labute approximate surface area is 128 Å². The topological polar surface area (TPSA) is 66.4 Å². The summed E-state index contributed by atoms with van der Waals surface area (Å²) in [6, 6.07) is 9.44. The van der Waals surface area contributed by atoms with Crippen LogP contribution >= 0.6 is 11.3 Å². The molecule has 2 heterocycles. The van der Waals surface area contributed by atoms with Gasteiger partial charge in [-0.3, -0.25) is 10.2 Å². The van der Waals surface area contributed by atoms with Gasteiger partial charge in [0.15, 0.2) is 5.71 Å². The van der Waals surface area contributed by atoms with Crippen molar-refractivity contribution in [2.24, 2.45) is 5.10 Å². The van der Waals surface area contributed by atoms with Crippen LogP contribution in [0, 0.1) is 5.82 Å². The molecule has 1 aliphatic heterocycles. The molecule has 1 amide bonds. The van der Waals surface area contributed by atoms with Gasteiger partial charge in [0, 0.05) is 0 Å². The Balaban J connectivity index is 1.76. The van der Waals surface area contributed by atoms with Gasteiger partial charge in [0.1, 0.15) is 5.82 Å². The third kappa shape index (κ3) is 2.03. The number of rotatable bonds is 2. The number of carbonyl (C=O) groups is 1. The molecule has 0 bridgehead atoms. The van der Waals surface area contributed by atoms with E-state index in [4.69, 9.17) is 0 Å². The number of anilines is 2. The third-order valence-electron chi connectivity index (χ3n) is 3.34. The molecular weight excluding hydrogens is 303 g/mol. The quantitative estimate of drug-likeness (QED) is 0.714. The summed E-state index contributed by atoms with van der Waals surface area (Å²) < 4.78 is 13.8. The number of amides is 1. The molecule has 4 rings (SSSR count). The molecule has 0 unspecified atom stereocenters. The van der Waals surface area contributed by atoms with Crippen molar-refractivity contribution < 1.29 is 9.18 Å². The van der Waals surface area contributed by atoms with Crippen LogP contribution in [0.5, 0.6) is 0 Å². The summed E-state index contributed by atoms with van der Waals surface area (Å²) in [6.45, 7) is 0. The summed E-state index contributed by atoms with van der Waals surface area (Å²) in [4.78, 5) is 16.4. The molecular formula is C15H9FN4OS. The van der Waals surface area contributed by atoms with Crippen LogP contribution in [0.25, 0.3) is 10.2 Å². The van der Waals surface area contributed by atoms with E-state index < -0.39 is 0 Å². The minimum Gasteiger partial charge on any atom is -0.320 e. The largest absolute Gasteiger partial charge is 0.320 e. The van der Waals surface area contributed by atoms with Crippen LogP contribution in [0.4, 0.5) is 15.8 Å². The molecule has 0 radical (unpaired) electrons. The lowest BCUT2D eigenvalue weighted by atomic mass is 10.1. The number of aromatic nitrogens is 1. The average molecular weight is 312 g/mol. The molecule has 108 valence electrons. The Kier molecular flexibility index (Phi) is 2.87. The predicted octanol–water partition coefficient (Wildman–Crippen LogP) is 3.20. The smallest absolute Gasteiger partial charge is 0.276 e. The molecule has 0 saturated carbocycles. The molecule has 1 aromatic heterocycles. The molecule has 2 N–H and O–H groups in total. The summed E-state index contributed by atoms with van der Waals surface area (Å²) in [7, 11) is 0. The molecule has 0 atom stereocenters. The van der Waals surface area contributed by atoms with Crippen molar-refractivity contribution in [3.63, 3.8) is 0 Å². The Morgan fingerprint density at radius 2 is 2.00 bits per heavy atom. The zero-order chi connectivity index (χ0) is 15.1. The zero-order valence-electron chi connectivity index (χ0n) is 11.1. The zero-order valence-corrected chi connectivity index (χ0v) is 11.9. The number of hydrogen-bond acceptors (Lipinski definition) is 5. The van der Waals surface area contributed by atoms with Gasteiger partial charge in [0.25, 0.3) is 5.91 Å². The van der Waals surface area contributed by atoms with E-state index in [1.54, 1.807) is 17.6 Å². The van der Waals surface area contributed by atoms with Crippen LogP contribution in [-0.2, 0) is 4.79 Å². The first kappa shape index (κ1) is 12.9. The van der Waals surface area contributed by atoms with Gasteiger partial charge in [-0.1, -0.05) is 0 Å². The van der Waals surface area contributed by atoms with E-state index in [0.29, 0.717) is 11.4 Å². The van der Waals surface area contributed by atoms with Gasteiger partial charge >= 0.3 is 0 Å². The number of halogens is 1. The normalized spacial score (nSPS) is 15.1. The number of carbonyl (C=O) groups excluding carboxylic acids is 1. The summed E-state index contributed by atoms with van der Waals surface area (Å²) in [5.41, 5.74) is 7.73. The highest BCUT2D eigenvalue weighted by atomic mass is 32.1. The van der Waals surface area contributed by atoms with Crippen LogP contribution < -0.4 is 10.7 Å². The first-order valence-corrected chi connectivity index (χ1v) is 7.37. The fourth-order valence-corrected chi connectivity index (χ4v) is 3.15.